The van der Waals surface area contributed by atoms with E-state index in [9.17, 15) is 9.59 Å². The molecule has 0 heterocycles. The Morgan fingerprint density at radius 3 is 2.20 bits per heavy atom. The molecule has 5 rings (SSSR count). The van der Waals surface area contributed by atoms with Crippen molar-refractivity contribution in [1.29, 1.82) is 0 Å². The normalized spacial score (nSPS) is 32.4. The second-order valence-electron chi connectivity index (χ2n) is 8.36. The molecular weight excluding hydrogens is 314 g/mol. The van der Waals surface area contributed by atoms with Gasteiger partial charge in [0.1, 0.15) is 0 Å². The maximum atomic E-state index is 12.4. The minimum Gasteiger partial charge on any atom is -0.344 e. The number of nitrogens with two attached hydrogens (primary N) is 1. The van der Waals surface area contributed by atoms with Gasteiger partial charge in [-0.3, -0.25) is 9.59 Å². The lowest BCUT2D eigenvalue weighted by Crippen LogP contribution is -2.61. The molecule has 4 aliphatic carbocycles. The summed E-state index contributed by atoms with van der Waals surface area (Å²) in [6.45, 7) is 0.815. The summed E-state index contributed by atoms with van der Waals surface area (Å²) >= 11 is 0. The predicted molar refractivity (Wildman–Crippen MR) is 95.2 cm³/mol. The van der Waals surface area contributed by atoms with E-state index in [0.717, 1.165) is 48.1 Å². The molecule has 0 aromatic heterocycles. The van der Waals surface area contributed by atoms with E-state index in [1.807, 2.05) is 24.3 Å². The Balaban J connectivity index is 1.34. The minimum absolute atomic E-state index is 0.122. The zero-order valence-corrected chi connectivity index (χ0v) is 14.6. The summed E-state index contributed by atoms with van der Waals surface area (Å²) in [6.07, 6.45) is 7.11. The molecule has 5 heteroatoms. The minimum atomic E-state index is -0.533. The van der Waals surface area contributed by atoms with Crippen LogP contribution in [0.5, 0.6) is 0 Å². The molecule has 134 valence electrons. The SMILES string of the molecule is NCc1cccc(CNC(=O)C(=O)NC23CC4CC(CC(C4)C2)C3)c1. The summed E-state index contributed by atoms with van der Waals surface area (Å²) in [5.41, 5.74) is 7.49. The first-order chi connectivity index (χ1) is 12.0. The summed E-state index contributed by atoms with van der Waals surface area (Å²) in [5.74, 6) is 1.22. The van der Waals surface area contributed by atoms with E-state index < -0.39 is 11.8 Å². The van der Waals surface area contributed by atoms with E-state index in [1.54, 1.807) is 0 Å². The third-order valence-electron chi connectivity index (χ3n) is 6.30. The molecule has 4 N–H and O–H groups in total. The van der Waals surface area contributed by atoms with Crippen molar-refractivity contribution in [3.63, 3.8) is 0 Å². The van der Waals surface area contributed by atoms with Gasteiger partial charge in [0.25, 0.3) is 0 Å². The first-order valence-corrected chi connectivity index (χ1v) is 9.43. The number of nitrogens with one attached hydrogen (secondary N) is 2. The average Bonchev–Trinajstić information content (AvgIpc) is 2.58. The number of carbonyl (C=O) groups excluding carboxylic acids is 2. The highest BCUT2D eigenvalue weighted by molar-refractivity contribution is 6.35. The van der Waals surface area contributed by atoms with Gasteiger partial charge in [-0.2, -0.15) is 0 Å². The standard InChI is InChI=1S/C20H27N3O2/c21-11-13-2-1-3-14(4-13)12-22-18(24)19(25)23-20-8-15-5-16(9-20)7-17(6-15)10-20/h1-4,15-17H,5-12,21H2,(H,22,24)(H,23,25). The largest absolute Gasteiger partial charge is 0.344 e. The Bertz CT molecular complexity index is 650. The lowest BCUT2D eigenvalue weighted by atomic mass is 9.53. The van der Waals surface area contributed by atoms with Gasteiger partial charge >= 0.3 is 11.8 Å². The number of carbonyl (C=O) groups is 2. The Morgan fingerprint density at radius 1 is 1.00 bits per heavy atom. The number of hydrogen-bond acceptors (Lipinski definition) is 3. The Labute approximate surface area is 148 Å². The van der Waals surface area contributed by atoms with Crippen molar-refractivity contribution in [2.75, 3.05) is 0 Å². The quantitative estimate of drug-likeness (QED) is 0.731. The third kappa shape index (κ3) is 3.43. The van der Waals surface area contributed by atoms with Gasteiger partial charge in [0.05, 0.1) is 0 Å². The van der Waals surface area contributed by atoms with Crippen molar-refractivity contribution < 1.29 is 9.59 Å². The van der Waals surface area contributed by atoms with E-state index in [1.165, 1.54) is 19.3 Å². The van der Waals surface area contributed by atoms with E-state index in [0.29, 0.717) is 13.1 Å². The van der Waals surface area contributed by atoms with Crippen LogP contribution in [-0.2, 0) is 22.7 Å². The van der Waals surface area contributed by atoms with E-state index in [4.69, 9.17) is 5.73 Å². The summed E-state index contributed by atoms with van der Waals surface area (Å²) in [5, 5.41) is 5.85. The second-order valence-corrected chi connectivity index (χ2v) is 8.36. The van der Waals surface area contributed by atoms with Crippen LogP contribution in [0.3, 0.4) is 0 Å². The van der Waals surface area contributed by atoms with Crippen LogP contribution in [0.25, 0.3) is 0 Å². The summed E-state index contributed by atoms with van der Waals surface area (Å²) < 4.78 is 0. The molecule has 4 bridgehead atoms. The molecule has 0 atom stereocenters. The smallest absolute Gasteiger partial charge is 0.309 e. The van der Waals surface area contributed by atoms with Crippen molar-refractivity contribution in [1.82, 2.24) is 10.6 Å². The van der Waals surface area contributed by atoms with Crippen molar-refractivity contribution >= 4 is 11.8 Å². The fourth-order valence-corrected chi connectivity index (χ4v) is 5.69. The van der Waals surface area contributed by atoms with Gasteiger partial charge in [-0.25, -0.2) is 0 Å². The van der Waals surface area contributed by atoms with Crippen LogP contribution in [0.2, 0.25) is 0 Å². The van der Waals surface area contributed by atoms with Gasteiger partial charge in [0, 0.05) is 18.6 Å². The van der Waals surface area contributed by atoms with Gasteiger partial charge in [0.2, 0.25) is 0 Å². The number of hydrogen-bond donors (Lipinski definition) is 3. The molecule has 25 heavy (non-hydrogen) atoms. The van der Waals surface area contributed by atoms with E-state index >= 15 is 0 Å². The number of rotatable bonds is 4. The van der Waals surface area contributed by atoms with Gasteiger partial charge in [-0.05, 0) is 67.4 Å². The van der Waals surface area contributed by atoms with Gasteiger partial charge < -0.3 is 16.4 Å². The predicted octanol–water partition coefficient (Wildman–Crippen LogP) is 1.85. The maximum absolute atomic E-state index is 12.4. The molecule has 0 saturated heterocycles. The Morgan fingerprint density at radius 2 is 1.60 bits per heavy atom. The lowest BCUT2D eigenvalue weighted by molar-refractivity contribution is -0.142. The lowest BCUT2D eigenvalue weighted by Gasteiger charge is -2.56. The van der Waals surface area contributed by atoms with Gasteiger partial charge in [0.15, 0.2) is 0 Å². The first kappa shape index (κ1) is 16.6. The van der Waals surface area contributed by atoms with Crippen LogP contribution in [0.4, 0.5) is 0 Å². The van der Waals surface area contributed by atoms with Crippen molar-refractivity contribution in [3.8, 4) is 0 Å². The fourth-order valence-electron chi connectivity index (χ4n) is 5.69. The molecule has 1 aromatic rings. The van der Waals surface area contributed by atoms with Crippen LogP contribution < -0.4 is 16.4 Å². The van der Waals surface area contributed by atoms with Crippen molar-refractivity contribution in [2.45, 2.75) is 57.2 Å². The van der Waals surface area contributed by atoms with E-state index in [2.05, 4.69) is 10.6 Å². The zero-order valence-electron chi connectivity index (χ0n) is 14.6. The van der Waals surface area contributed by atoms with Crippen LogP contribution in [0.15, 0.2) is 24.3 Å². The summed E-state index contributed by atoms with van der Waals surface area (Å²) in [4.78, 5) is 24.7. The molecule has 0 unspecified atom stereocenters. The first-order valence-electron chi connectivity index (χ1n) is 9.43. The molecule has 4 aliphatic rings. The molecule has 1 aromatic carbocycles. The van der Waals surface area contributed by atoms with Crippen molar-refractivity contribution in [3.05, 3.63) is 35.4 Å². The molecular formula is C20H27N3O2. The van der Waals surface area contributed by atoms with Crippen LogP contribution in [0, 0.1) is 17.8 Å². The van der Waals surface area contributed by atoms with Gasteiger partial charge in [-0.1, -0.05) is 24.3 Å². The molecule has 2 amide bonds. The fraction of sp³-hybridized carbons (Fsp3) is 0.600. The number of benzene rings is 1. The van der Waals surface area contributed by atoms with E-state index in [-0.39, 0.29) is 5.54 Å². The summed E-state index contributed by atoms with van der Waals surface area (Å²) in [6, 6.07) is 7.75. The summed E-state index contributed by atoms with van der Waals surface area (Å²) in [7, 11) is 0. The highest BCUT2D eigenvalue weighted by atomic mass is 16.2. The van der Waals surface area contributed by atoms with Crippen LogP contribution in [-0.4, -0.2) is 17.4 Å². The number of amides is 2. The average molecular weight is 341 g/mol. The molecule has 4 saturated carbocycles. The highest BCUT2D eigenvalue weighted by Crippen LogP contribution is 2.55. The molecule has 5 nitrogen and oxygen atoms in total. The van der Waals surface area contributed by atoms with Gasteiger partial charge in [-0.15, -0.1) is 0 Å². The molecule has 4 fully saturated rings. The topological polar surface area (TPSA) is 84.2 Å². The second kappa shape index (κ2) is 6.45. The van der Waals surface area contributed by atoms with Crippen LogP contribution >= 0.6 is 0 Å². The maximum Gasteiger partial charge on any atom is 0.309 e. The van der Waals surface area contributed by atoms with Crippen molar-refractivity contribution in [2.24, 2.45) is 23.5 Å². The zero-order chi connectivity index (χ0) is 17.4. The monoisotopic (exact) mass is 341 g/mol. The Hall–Kier alpha value is -1.88. The molecule has 0 radical (unpaired) electrons. The highest BCUT2D eigenvalue weighted by Gasteiger charge is 2.51. The molecule has 0 aliphatic heterocycles. The third-order valence-corrected chi connectivity index (χ3v) is 6.30. The molecule has 0 spiro atoms. The Kier molecular flexibility index (Phi) is 4.28. The van der Waals surface area contributed by atoms with Crippen LogP contribution in [0.1, 0.15) is 49.7 Å².